The zero-order valence-electron chi connectivity index (χ0n) is 14.7. The molecule has 0 spiro atoms. The lowest BCUT2D eigenvalue weighted by atomic mass is 10.0. The molecule has 0 N–H and O–H groups in total. The Kier molecular flexibility index (Phi) is 3.70. The largest absolute Gasteiger partial charge is 0.354 e. The van der Waals surface area contributed by atoms with Crippen molar-refractivity contribution in [2.45, 2.75) is 33.9 Å². The van der Waals surface area contributed by atoms with E-state index in [4.69, 9.17) is 13.1 Å². The van der Waals surface area contributed by atoms with Gasteiger partial charge in [-0.3, -0.25) is 9.69 Å². The Labute approximate surface area is 143 Å². The molecule has 0 unspecified atom stereocenters. The van der Waals surface area contributed by atoms with Crippen LogP contribution >= 0.6 is 0 Å². The molecule has 3 rings (SSSR count). The lowest BCUT2D eigenvalue weighted by Crippen LogP contribution is -2.36. The fourth-order valence-electron chi connectivity index (χ4n) is 3.32. The van der Waals surface area contributed by atoms with Gasteiger partial charge in [-0.1, -0.05) is 6.07 Å². The SMILES string of the molecule is [C-]#[N+]c1cc2c(cc1[N+]#[C-])N(c1cc(C)c(C)cc1C)[C@@H](C)N2C. The number of hydrogen-bond donors (Lipinski definition) is 0. The molecular formula is C20H20N4. The summed E-state index contributed by atoms with van der Waals surface area (Å²) in [6, 6.07) is 8.11. The van der Waals surface area contributed by atoms with Crippen molar-refractivity contribution in [3.05, 3.63) is 63.8 Å². The van der Waals surface area contributed by atoms with E-state index in [0.29, 0.717) is 11.4 Å². The Morgan fingerprint density at radius 1 is 0.792 bits per heavy atom. The van der Waals surface area contributed by atoms with Crippen LogP contribution in [0.25, 0.3) is 9.69 Å². The molecule has 24 heavy (non-hydrogen) atoms. The van der Waals surface area contributed by atoms with Crippen molar-refractivity contribution in [3.63, 3.8) is 0 Å². The maximum Gasteiger partial charge on any atom is 0.196 e. The summed E-state index contributed by atoms with van der Waals surface area (Å²) in [5.41, 5.74) is 7.73. The van der Waals surface area contributed by atoms with Crippen LogP contribution < -0.4 is 9.80 Å². The van der Waals surface area contributed by atoms with E-state index >= 15 is 0 Å². The Balaban J connectivity index is 2.25. The first kappa shape index (κ1) is 15.9. The molecule has 2 aromatic rings. The first-order chi connectivity index (χ1) is 11.4. The molecule has 0 saturated carbocycles. The van der Waals surface area contributed by atoms with Gasteiger partial charge in [0.25, 0.3) is 0 Å². The Bertz CT molecular complexity index is 915. The van der Waals surface area contributed by atoms with Crippen molar-refractivity contribution in [2.75, 3.05) is 16.8 Å². The van der Waals surface area contributed by atoms with Gasteiger partial charge in [-0.15, -0.1) is 0 Å². The van der Waals surface area contributed by atoms with E-state index in [0.717, 1.165) is 17.1 Å². The van der Waals surface area contributed by atoms with E-state index < -0.39 is 0 Å². The smallest absolute Gasteiger partial charge is 0.196 e. The van der Waals surface area contributed by atoms with Crippen LogP contribution in [0.15, 0.2) is 24.3 Å². The third-order valence-corrected chi connectivity index (χ3v) is 4.96. The van der Waals surface area contributed by atoms with Crippen LogP contribution in [-0.4, -0.2) is 13.2 Å². The first-order valence-electron chi connectivity index (χ1n) is 7.92. The zero-order chi connectivity index (χ0) is 17.6. The molecule has 0 amide bonds. The van der Waals surface area contributed by atoms with Crippen LogP contribution in [0.4, 0.5) is 28.4 Å². The normalized spacial score (nSPS) is 15.9. The summed E-state index contributed by atoms with van der Waals surface area (Å²) in [5.74, 6) is 0. The second kappa shape index (κ2) is 5.58. The Morgan fingerprint density at radius 2 is 1.33 bits per heavy atom. The molecule has 0 bridgehead atoms. The van der Waals surface area contributed by atoms with Crippen LogP contribution in [0.5, 0.6) is 0 Å². The minimum absolute atomic E-state index is 0.125. The highest BCUT2D eigenvalue weighted by atomic mass is 15.4. The molecule has 0 aliphatic carbocycles. The standard InChI is InChI=1S/C20H20N4/c1-12-8-14(3)18(9-13(12)2)24-15(4)23(7)19-10-16(21-5)17(22-6)11-20(19)24/h8-11,15H,1-4,7H3/t15-/m0/s1. The molecule has 120 valence electrons. The third-order valence-electron chi connectivity index (χ3n) is 4.96. The maximum absolute atomic E-state index is 7.38. The van der Waals surface area contributed by atoms with E-state index in [1.54, 1.807) is 0 Å². The molecule has 1 aliphatic rings. The summed E-state index contributed by atoms with van der Waals surface area (Å²) in [4.78, 5) is 11.5. The summed E-state index contributed by atoms with van der Waals surface area (Å²) in [5, 5.41) is 0. The van der Waals surface area contributed by atoms with E-state index in [2.05, 4.69) is 59.3 Å². The summed E-state index contributed by atoms with van der Waals surface area (Å²) >= 11 is 0. The summed E-state index contributed by atoms with van der Waals surface area (Å²) in [7, 11) is 2.03. The van der Waals surface area contributed by atoms with Crippen molar-refractivity contribution >= 4 is 28.4 Å². The molecule has 0 radical (unpaired) electrons. The second-order valence-corrected chi connectivity index (χ2v) is 6.39. The minimum atomic E-state index is 0.125. The molecule has 2 aromatic carbocycles. The predicted octanol–water partition coefficient (Wildman–Crippen LogP) is 5.65. The monoisotopic (exact) mass is 316 g/mol. The van der Waals surface area contributed by atoms with Crippen LogP contribution in [0, 0.1) is 33.9 Å². The van der Waals surface area contributed by atoms with Gasteiger partial charge in [0.05, 0.1) is 18.8 Å². The molecule has 4 heteroatoms. The lowest BCUT2D eigenvalue weighted by Gasteiger charge is -2.29. The molecule has 4 nitrogen and oxygen atoms in total. The summed E-state index contributed by atoms with van der Waals surface area (Å²) < 4.78 is 0. The number of nitrogens with zero attached hydrogens (tertiary/aromatic N) is 4. The Hall–Kier alpha value is -2.98. The minimum Gasteiger partial charge on any atom is -0.354 e. The number of benzene rings is 2. The lowest BCUT2D eigenvalue weighted by molar-refractivity contribution is 0.732. The van der Waals surface area contributed by atoms with Gasteiger partial charge in [-0.05, 0) is 62.6 Å². The van der Waals surface area contributed by atoms with Crippen LogP contribution in [0.2, 0.25) is 0 Å². The number of fused-ring (bicyclic) bond motifs is 1. The summed E-state index contributed by atoms with van der Waals surface area (Å²) in [6.45, 7) is 23.2. The van der Waals surface area contributed by atoms with Gasteiger partial charge in [0.2, 0.25) is 0 Å². The van der Waals surface area contributed by atoms with Crippen molar-refractivity contribution in [1.29, 1.82) is 0 Å². The van der Waals surface area contributed by atoms with Gasteiger partial charge in [0, 0.05) is 18.4 Å². The van der Waals surface area contributed by atoms with Crippen molar-refractivity contribution in [2.24, 2.45) is 0 Å². The average molecular weight is 316 g/mol. The number of hydrogen-bond acceptors (Lipinski definition) is 2. The van der Waals surface area contributed by atoms with Gasteiger partial charge in [0.15, 0.2) is 11.4 Å². The van der Waals surface area contributed by atoms with E-state index in [-0.39, 0.29) is 6.17 Å². The molecule has 0 fully saturated rings. The van der Waals surface area contributed by atoms with Crippen LogP contribution in [-0.2, 0) is 0 Å². The van der Waals surface area contributed by atoms with Crippen molar-refractivity contribution < 1.29 is 0 Å². The first-order valence-corrected chi connectivity index (χ1v) is 7.92. The van der Waals surface area contributed by atoms with Crippen molar-refractivity contribution in [1.82, 2.24) is 0 Å². The number of aryl methyl sites for hydroxylation is 3. The molecule has 1 heterocycles. The Morgan fingerprint density at radius 3 is 1.92 bits per heavy atom. The van der Waals surface area contributed by atoms with Crippen LogP contribution in [0.1, 0.15) is 23.6 Å². The quantitative estimate of drug-likeness (QED) is 0.632. The van der Waals surface area contributed by atoms with Gasteiger partial charge in [0.1, 0.15) is 6.17 Å². The van der Waals surface area contributed by atoms with Crippen LogP contribution in [0.3, 0.4) is 0 Å². The highest BCUT2D eigenvalue weighted by Gasteiger charge is 2.33. The molecule has 1 aliphatic heterocycles. The molecular weight excluding hydrogens is 296 g/mol. The fraction of sp³-hybridized carbons (Fsp3) is 0.300. The third kappa shape index (κ3) is 2.20. The number of anilines is 3. The van der Waals surface area contributed by atoms with E-state index in [1.165, 1.54) is 16.7 Å². The van der Waals surface area contributed by atoms with Gasteiger partial charge in [-0.2, -0.15) is 0 Å². The fourth-order valence-corrected chi connectivity index (χ4v) is 3.32. The predicted molar refractivity (Wildman–Crippen MR) is 99.6 cm³/mol. The average Bonchev–Trinajstić information content (AvgIpc) is 2.80. The zero-order valence-corrected chi connectivity index (χ0v) is 14.7. The maximum atomic E-state index is 7.38. The topological polar surface area (TPSA) is 15.2 Å². The van der Waals surface area contributed by atoms with Crippen molar-refractivity contribution in [3.8, 4) is 0 Å². The van der Waals surface area contributed by atoms with Gasteiger partial charge >= 0.3 is 0 Å². The number of rotatable bonds is 1. The van der Waals surface area contributed by atoms with E-state index in [1.807, 2.05) is 19.2 Å². The molecule has 1 atom stereocenters. The molecule has 0 aromatic heterocycles. The highest BCUT2D eigenvalue weighted by Crippen LogP contribution is 2.49. The van der Waals surface area contributed by atoms with Gasteiger partial charge in [-0.25, -0.2) is 0 Å². The van der Waals surface area contributed by atoms with E-state index in [9.17, 15) is 0 Å². The second-order valence-electron chi connectivity index (χ2n) is 6.39. The highest BCUT2D eigenvalue weighted by molar-refractivity contribution is 5.92. The summed E-state index contributed by atoms with van der Waals surface area (Å²) in [6.07, 6.45) is 0.125. The van der Waals surface area contributed by atoms with Gasteiger partial charge < -0.3 is 9.80 Å². The molecule has 0 saturated heterocycles.